The van der Waals surface area contributed by atoms with Crippen LogP contribution in [0.25, 0.3) is 0 Å². The fourth-order valence-electron chi connectivity index (χ4n) is 2.85. The van der Waals surface area contributed by atoms with Crippen LogP contribution in [0.3, 0.4) is 0 Å². The second-order valence-corrected chi connectivity index (χ2v) is 5.39. The molecule has 2 aliphatic rings. The molecule has 2 saturated heterocycles. The topological polar surface area (TPSA) is 70.1 Å². The maximum Gasteiger partial charge on any atom is 0.304 e. The van der Waals surface area contributed by atoms with E-state index in [4.69, 9.17) is 9.84 Å². The van der Waals surface area contributed by atoms with Crippen LogP contribution in [0.4, 0.5) is 0 Å². The molecule has 0 spiro atoms. The van der Waals surface area contributed by atoms with Gasteiger partial charge in [-0.05, 0) is 26.3 Å². The summed E-state index contributed by atoms with van der Waals surface area (Å²) < 4.78 is 5.42. The minimum Gasteiger partial charge on any atom is -0.481 e. The van der Waals surface area contributed by atoms with Crippen molar-refractivity contribution in [2.45, 2.75) is 38.3 Å². The van der Waals surface area contributed by atoms with E-state index in [-0.39, 0.29) is 24.5 Å². The number of aliphatic carboxylic acids is 1. The van der Waals surface area contributed by atoms with Crippen LogP contribution in [-0.2, 0) is 14.3 Å². The molecule has 0 aromatic heterocycles. The van der Waals surface area contributed by atoms with Gasteiger partial charge in [-0.2, -0.15) is 0 Å². The van der Waals surface area contributed by atoms with Crippen molar-refractivity contribution in [1.29, 1.82) is 0 Å². The maximum atomic E-state index is 12.2. The SMILES string of the molecule is CC1CN(C(=O)CN2CCCC2CC(=O)O)CCO1. The van der Waals surface area contributed by atoms with E-state index in [1.807, 2.05) is 16.7 Å². The molecule has 108 valence electrons. The van der Waals surface area contributed by atoms with Crippen LogP contribution in [0.1, 0.15) is 26.2 Å². The predicted octanol–water partition coefficient (Wildman–Crippen LogP) is 0.173. The van der Waals surface area contributed by atoms with E-state index >= 15 is 0 Å². The lowest BCUT2D eigenvalue weighted by Gasteiger charge is -2.33. The van der Waals surface area contributed by atoms with Gasteiger partial charge in [0, 0.05) is 19.1 Å². The van der Waals surface area contributed by atoms with Gasteiger partial charge in [0.2, 0.25) is 5.91 Å². The zero-order chi connectivity index (χ0) is 13.8. The van der Waals surface area contributed by atoms with Crippen molar-refractivity contribution in [3.8, 4) is 0 Å². The van der Waals surface area contributed by atoms with Crippen LogP contribution in [0.5, 0.6) is 0 Å². The molecule has 2 atom stereocenters. The number of carboxylic acid groups (broad SMARTS) is 1. The third-order valence-corrected chi connectivity index (χ3v) is 3.84. The Hall–Kier alpha value is -1.14. The van der Waals surface area contributed by atoms with Gasteiger partial charge >= 0.3 is 5.97 Å². The highest BCUT2D eigenvalue weighted by Gasteiger charge is 2.30. The van der Waals surface area contributed by atoms with Gasteiger partial charge < -0.3 is 14.7 Å². The van der Waals surface area contributed by atoms with Crippen LogP contribution in [0, 0.1) is 0 Å². The van der Waals surface area contributed by atoms with Crippen molar-refractivity contribution in [2.75, 3.05) is 32.8 Å². The average Bonchev–Trinajstić information content (AvgIpc) is 2.75. The van der Waals surface area contributed by atoms with Crippen LogP contribution in [-0.4, -0.2) is 71.7 Å². The van der Waals surface area contributed by atoms with E-state index in [0.717, 1.165) is 19.4 Å². The summed E-state index contributed by atoms with van der Waals surface area (Å²) >= 11 is 0. The molecule has 0 aromatic carbocycles. The van der Waals surface area contributed by atoms with E-state index in [0.29, 0.717) is 26.2 Å². The van der Waals surface area contributed by atoms with Crippen LogP contribution < -0.4 is 0 Å². The van der Waals surface area contributed by atoms with Crippen molar-refractivity contribution < 1.29 is 19.4 Å². The Morgan fingerprint density at radius 3 is 2.84 bits per heavy atom. The molecule has 19 heavy (non-hydrogen) atoms. The van der Waals surface area contributed by atoms with Gasteiger partial charge in [-0.3, -0.25) is 14.5 Å². The Kier molecular flexibility index (Phi) is 4.76. The minimum atomic E-state index is -0.788. The standard InChI is InChI=1S/C13H22N2O4/c1-10-8-15(5-6-19-10)12(16)9-14-4-2-3-11(14)7-13(17)18/h10-11H,2-9H2,1H3,(H,17,18). The summed E-state index contributed by atoms with van der Waals surface area (Å²) in [6, 6.07) is 0.0138. The Bertz CT molecular complexity index is 348. The Labute approximate surface area is 113 Å². The molecule has 0 saturated carbocycles. The number of carbonyl (C=O) groups is 2. The number of amides is 1. The zero-order valence-corrected chi connectivity index (χ0v) is 11.4. The van der Waals surface area contributed by atoms with Crippen molar-refractivity contribution in [2.24, 2.45) is 0 Å². The molecule has 1 N–H and O–H groups in total. The number of nitrogens with zero attached hydrogens (tertiary/aromatic N) is 2. The van der Waals surface area contributed by atoms with E-state index in [1.54, 1.807) is 0 Å². The predicted molar refractivity (Wildman–Crippen MR) is 68.8 cm³/mol. The quantitative estimate of drug-likeness (QED) is 0.788. The molecule has 2 rings (SSSR count). The third-order valence-electron chi connectivity index (χ3n) is 3.84. The van der Waals surface area contributed by atoms with Crippen molar-refractivity contribution >= 4 is 11.9 Å². The summed E-state index contributed by atoms with van der Waals surface area (Å²) in [5, 5.41) is 8.87. The zero-order valence-electron chi connectivity index (χ0n) is 11.4. The molecule has 2 heterocycles. The van der Waals surface area contributed by atoms with Gasteiger partial charge in [0.1, 0.15) is 0 Å². The Morgan fingerprint density at radius 2 is 2.16 bits per heavy atom. The smallest absolute Gasteiger partial charge is 0.304 e. The van der Waals surface area contributed by atoms with Crippen molar-refractivity contribution in [1.82, 2.24) is 9.80 Å². The average molecular weight is 270 g/mol. The summed E-state index contributed by atoms with van der Waals surface area (Å²) in [4.78, 5) is 26.8. The summed E-state index contributed by atoms with van der Waals surface area (Å²) in [7, 11) is 0. The summed E-state index contributed by atoms with van der Waals surface area (Å²) in [5.41, 5.74) is 0. The highest BCUT2D eigenvalue weighted by molar-refractivity contribution is 5.78. The van der Waals surface area contributed by atoms with E-state index in [1.165, 1.54) is 0 Å². The number of rotatable bonds is 4. The normalized spacial score (nSPS) is 28.6. The first-order valence-corrected chi connectivity index (χ1v) is 6.91. The second-order valence-electron chi connectivity index (χ2n) is 5.39. The van der Waals surface area contributed by atoms with Crippen LogP contribution >= 0.6 is 0 Å². The van der Waals surface area contributed by atoms with Gasteiger partial charge in [0.15, 0.2) is 0 Å². The van der Waals surface area contributed by atoms with E-state index in [9.17, 15) is 9.59 Å². The van der Waals surface area contributed by atoms with Crippen LogP contribution in [0.15, 0.2) is 0 Å². The highest BCUT2D eigenvalue weighted by Crippen LogP contribution is 2.20. The van der Waals surface area contributed by atoms with Gasteiger partial charge in [-0.1, -0.05) is 0 Å². The first-order chi connectivity index (χ1) is 9.06. The molecule has 0 radical (unpaired) electrons. The van der Waals surface area contributed by atoms with Crippen molar-refractivity contribution in [3.63, 3.8) is 0 Å². The number of ether oxygens (including phenoxy) is 1. The largest absolute Gasteiger partial charge is 0.481 e. The van der Waals surface area contributed by atoms with Crippen molar-refractivity contribution in [3.05, 3.63) is 0 Å². The second kappa shape index (κ2) is 6.34. The molecular formula is C13H22N2O4. The number of likely N-dealkylation sites (tertiary alicyclic amines) is 1. The lowest BCUT2D eigenvalue weighted by molar-refractivity contribution is -0.142. The fourth-order valence-corrected chi connectivity index (χ4v) is 2.85. The van der Waals surface area contributed by atoms with E-state index < -0.39 is 5.97 Å². The van der Waals surface area contributed by atoms with Gasteiger partial charge in [0.05, 0.1) is 25.7 Å². The van der Waals surface area contributed by atoms with Gasteiger partial charge in [0.25, 0.3) is 0 Å². The molecule has 2 unspecified atom stereocenters. The molecule has 2 fully saturated rings. The molecule has 1 amide bonds. The number of carboxylic acids is 1. The Balaban J connectivity index is 1.85. The maximum absolute atomic E-state index is 12.2. The Morgan fingerprint density at radius 1 is 1.37 bits per heavy atom. The van der Waals surface area contributed by atoms with E-state index in [2.05, 4.69) is 0 Å². The van der Waals surface area contributed by atoms with Gasteiger partial charge in [-0.25, -0.2) is 0 Å². The number of hydrogen-bond donors (Lipinski definition) is 1. The molecule has 6 nitrogen and oxygen atoms in total. The summed E-state index contributed by atoms with van der Waals surface area (Å²) in [6.45, 7) is 4.99. The monoisotopic (exact) mass is 270 g/mol. The first-order valence-electron chi connectivity index (χ1n) is 6.91. The molecule has 6 heteroatoms. The molecule has 0 aromatic rings. The summed E-state index contributed by atoms with van der Waals surface area (Å²) in [5.74, 6) is -0.697. The highest BCUT2D eigenvalue weighted by atomic mass is 16.5. The van der Waals surface area contributed by atoms with Gasteiger partial charge in [-0.15, -0.1) is 0 Å². The molecule has 0 bridgehead atoms. The first kappa shape index (κ1) is 14.3. The number of morpholine rings is 1. The molecule has 2 aliphatic heterocycles. The number of hydrogen-bond acceptors (Lipinski definition) is 4. The lowest BCUT2D eigenvalue weighted by atomic mass is 10.1. The number of carbonyl (C=O) groups excluding carboxylic acids is 1. The lowest BCUT2D eigenvalue weighted by Crippen LogP contribution is -2.49. The minimum absolute atomic E-state index is 0.0138. The molecular weight excluding hydrogens is 248 g/mol. The molecule has 0 aliphatic carbocycles. The van der Waals surface area contributed by atoms with Crippen LogP contribution in [0.2, 0.25) is 0 Å². The fraction of sp³-hybridized carbons (Fsp3) is 0.846. The third kappa shape index (κ3) is 3.91. The summed E-state index contributed by atoms with van der Waals surface area (Å²) in [6.07, 6.45) is 2.07.